The van der Waals surface area contributed by atoms with Crippen molar-refractivity contribution in [1.29, 1.82) is 0 Å². The summed E-state index contributed by atoms with van der Waals surface area (Å²) < 4.78 is 10.5. The van der Waals surface area contributed by atoms with Crippen molar-refractivity contribution in [2.75, 3.05) is 19.5 Å². The number of hydrogen-bond donors (Lipinski definition) is 1. The van der Waals surface area contributed by atoms with Gasteiger partial charge in [0.25, 0.3) is 5.91 Å². The molecule has 0 atom stereocenters. The minimum atomic E-state index is -0.0876. The van der Waals surface area contributed by atoms with Crippen molar-refractivity contribution in [3.63, 3.8) is 0 Å². The predicted octanol–water partition coefficient (Wildman–Crippen LogP) is 3.50. The number of fused-ring (bicyclic) bond motifs is 1. The summed E-state index contributed by atoms with van der Waals surface area (Å²) in [5.41, 5.74) is 4.44. The van der Waals surface area contributed by atoms with E-state index in [0.29, 0.717) is 17.1 Å². The largest absolute Gasteiger partial charge is 0.493 e. The van der Waals surface area contributed by atoms with E-state index < -0.39 is 0 Å². The molecule has 3 rings (SSSR count). The molecule has 1 amide bonds. The van der Waals surface area contributed by atoms with Crippen molar-refractivity contribution < 1.29 is 14.3 Å². The third kappa shape index (κ3) is 2.44. The van der Waals surface area contributed by atoms with Crippen molar-refractivity contribution in [1.82, 2.24) is 0 Å². The quantitative estimate of drug-likeness (QED) is 0.882. The second-order valence-corrected chi connectivity index (χ2v) is 5.18. The normalized spacial score (nSPS) is 14.7. The van der Waals surface area contributed by atoms with Crippen molar-refractivity contribution in [2.24, 2.45) is 0 Å². The Morgan fingerprint density at radius 2 is 1.77 bits per heavy atom. The number of anilines is 1. The van der Waals surface area contributed by atoms with Crippen LogP contribution in [0.2, 0.25) is 0 Å². The van der Waals surface area contributed by atoms with Crippen LogP contribution < -0.4 is 14.8 Å². The monoisotopic (exact) mass is 295 g/mol. The van der Waals surface area contributed by atoms with Crippen LogP contribution in [0.1, 0.15) is 16.7 Å². The van der Waals surface area contributed by atoms with Crippen LogP contribution in [-0.4, -0.2) is 20.1 Å². The lowest BCUT2D eigenvalue weighted by Crippen LogP contribution is -2.03. The van der Waals surface area contributed by atoms with Gasteiger partial charge in [0.15, 0.2) is 11.5 Å². The van der Waals surface area contributed by atoms with E-state index in [0.717, 1.165) is 22.4 Å². The van der Waals surface area contributed by atoms with E-state index in [1.165, 1.54) is 0 Å². The van der Waals surface area contributed by atoms with Crippen molar-refractivity contribution in [3.8, 4) is 11.5 Å². The van der Waals surface area contributed by atoms with Crippen LogP contribution in [0, 0.1) is 6.92 Å². The first-order valence-corrected chi connectivity index (χ1v) is 6.98. The first-order valence-electron chi connectivity index (χ1n) is 6.98. The molecule has 0 bridgehead atoms. The zero-order valence-electron chi connectivity index (χ0n) is 12.8. The van der Waals surface area contributed by atoms with Gasteiger partial charge < -0.3 is 14.8 Å². The molecule has 4 nitrogen and oxygen atoms in total. The van der Waals surface area contributed by atoms with E-state index in [-0.39, 0.29) is 5.91 Å². The molecule has 1 N–H and O–H groups in total. The average Bonchev–Trinajstić information content (AvgIpc) is 2.83. The van der Waals surface area contributed by atoms with Gasteiger partial charge >= 0.3 is 0 Å². The van der Waals surface area contributed by atoms with Gasteiger partial charge in [0.05, 0.1) is 14.2 Å². The second kappa shape index (κ2) is 5.56. The fraction of sp³-hybridized carbons (Fsp3) is 0.167. The number of ether oxygens (including phenoxy) is 2. The van der Waals surface area contributed by atoms with Gasteiger partial charge in [-0.05, 0) is 42.8 Å². The molecular formula is C18H17NO3. The van der Waals surface area contributed by atoms with Crippen LogP contribution in [0.5, 0.6) is 11.5 Å². The molecule has 0 fully saturated rings. The number of hydrogen-bond acceptors (Lipinski definition) is 3. The maximum atomic E-state index is 12.2. The van der Waals surface area contributed by atoms with E-state index >= 15 is 0 Å². The highest BCUT2D eigenvalue weighted by Gasteiger charge is 2.23. The predicted molar refractivity (Wildman–Crippen MR) is 87.2 cm³/mol. The summed E-state index contributed by atoms with van der Waals surface area (Å²) in [5.74, 6) is 1.21. The number of aryl methyl sites for hydroxylation is 1. The highest BCUT2D eigenvalue weighted by molar-refractivity contribution is 6.34. The number of carbonyl (C=O) groups is 1. The molecule has 1 aliphatic heterocycles. The zero-order valence-corrected chi connectivity index (χ0v) is 12.8. The maximum absolute atomic E-state index is 12.2. The van der Waals surface area contributed by atoms with Crippen LogP contribution in [-0.2, 0) is 4.79 Å². The van der Waals surface area contributed by atoms with Gasteiger partial charge in [-0.1, -0.05) is 17.7 Å². The number of benzene rings is 2. The first-order chi connectivity index (χ1) is 10.6. The molecule has 0 aliphatic carbocycles. The molecule has 2 aromatic rings. The Balaban J connectivity index is 2.06. The smallest absolute Gasteiger partial charge is 0.256 e. The SMILES string of the molecule is COc1ccc(/C=C2\C(=O)Nc3ccc(C)cc32)cc1OC. The van der Waals surface area contributed by atoms with Crippen LogP contribution in [0.3, 0.4) is 0 Å². The molecule has 0 radical (unpaired) electrons. The molecular weight excluding hydrogens is 278 g/mol. The summed E-state index contributed by atoms with van der Waals surface area (Å²) >= 11 is 0. The number of amides is 1. The van der Waals surface area contributed by atoms with E-state index in [9.17, 15) is 4.79 Å². The number of nitrogens with one attached hydrogen (secondary N) is 1. The average molecular weight is 295 g/mol. The fourth-order valence-corrected chi connectivity index (χ4v) is 2.55. The van der Waals surface area contributed by atoms with Crippen LogP contribution in [0.25, 0.3) is 11.6 Å². The molecule has 22 heavy (non-hydrogen) atoms. The van der Waals surface area contributed by atoms with E-state index in [1.807, 2.05) is 49.4 Å². The minimum Gasteiger partial charge on any atom is -0.493 e. The number of carbonyl (C=O) groups excluding carboxylic acids is 1. The summed E-state index contributed by atoms with van der Waals surface area (Å²) in [7, 11) is 3.19. The Bertz CT molecular complexity index is 778. The van der Waals surface area contributed by atoms with Crippen molar-refractivity contribution in [3.05, 3.63) is 53.1 Å². The lowest BCUT2D eigenvalue weighted by molar-refractivity contribution is -0.110. The third-order valence-electron chi connectivity index (χ3n) is 3.68. The molecule has 0 saturated carbocycles. The summed E-state index contributed by atoms with van der Waals surface area (Å²) in [6.07, 6.45) is 1.86. The molecule has 0 unspecified atom stereocenters. The zero-order chi connectivity index (χ0) is 15.7. The van der Waals surface area contributed by atoms with Crippen molar-refractivity contribution >= 4 is 23.2 Å². The van der Waals surface area contributed by atoms with E-state index in [2.05, 4.69) is 5.32 Å². The maximum Gasteiger partial charge on any atom is 0.256 e. The van der Waals surface area contributed by atoms with Gasteiger partial charge in [-0.2, -0.15) is 0 Å². The highest BCUT2D eigenvalue weighted by Crippen LogP contribution is 2.35. The lowest BCUT2D eigenvalue weighted by atomic mass is 10.0. The van der Waals surface area contributed by atoms with Gasteiger partial charge in [0.1, 0.15) is 0 Å². The molecule has 2 aromatic carbocycles. The van der Waals surface area contributed by atoms with Crippen molar-refractivity contribution in [2.45, 2.75) is 6.92 Å². The second-order valence-electron chi connectivity index (χ2n) is 5.18. The number of methoxy groups -OCH3 is 2. The molecule has 0 saturated heterocycles. The summed E-state index contributed by atoms with van der Waals surface area (Å²) in [6.45, 7) is 2.01. The van der Waals surface area contributed by atoms with Gasteiger partial charge in [-0.3, -0.25) is 4.79 Å². The highest BCUT2D eigenvalue weighted by atomic mass is 16.5. The van der Waals surface area contributed by atoms with E-state index in [1.54, 1.807) is 14.2 Å². The Morgan fingerprint density at radius 3 is 2.50 bits per heavy atom. The Morgan fingerprint density at radius 1 is 1.00 bits per heavy atom. The Kier molecular flexibility index (Phi) is 3.59. The number of rotatable bonds is 3. The Hall–Kier alpha value is -2.75. The van der Waals surface area contributed by atoms with E-state index in [4.69, 9.17) is 9.47 Å². The molecule has 0 aromatic heterocycles. The fourth-order valence-electron chi connectivity index (χ4n) is 2.55. The third-order valence-corrected chi connectivity index (χ3v) is 3.68. The molecule has 112 valence electrons. The van der Waals surface area contributed by atoms with Gasteiger partial charge in [-0.25, -0.2) is 0 Å². The van der Waals surface area contributed by atoms with Crippen LogP contribution in [0.15, 0.2) is 36.4 Å². The minimum absolute atomic E-state index is 0.0876. The van der Waals surface area contributed by atoms with Gasteiger partial charge in [-0.15, -0.1) is 0 Å². The molecule has 4 heteroatoms. The van der Waals surface area contributed by atoms with Crippen LogP contribution >= 0.6 is 0 Å². The molecule has 1 heterocycles. The van der Waals surface area contributed by atoms with Gasteiger partial charge in [0, 0.05) is 16.8 Å². The van der Waals surface area contributed by atoms with Gasteiger partial charge in [0.2, 0.25) is 0 Å². The lowest BCUT2D eigenvalue weighted by Gasteiger charge is -2.08. The standard InChI is InChI=1S/C18H17NO3/c1-11-4-6-15-13(8-11)14(18(20)19-15)9-12-5-7-16(21-2)17(10-12)22-3/h4-10H,1-3H3,(H,19,20)/b14-9-. The summed E-state index contributed by atoms with van der Waals surface area (Å²) in [4.78, 5) is 12.2. The van der Waals surface area contributed by atoms with Crippen LogP contribution in [0.4, 0.5) is 5.69 Å². The topological polar surface area (TPSA) is 47.6 Å². The summed E-state index contributed by atoms with van der Waals surface area (Å²) in [6, 6.07) is 11.5. The molecule has 0 spiro atoms. The Labute approximate surface area is 129 Å². The summed E-state index contributed by atoms with van der Waals surface area (Å²) in [5, 5.41) is 2.88. The first kappa shape index (κ1) is 14.2. The molecule has 1 aliphatic rings.